The second-order valence-electron chi connectivity index (χ2n) is 6.39. The zero-order valence-electron chi connectivity index (χ0n) is 14.4. The van der Waals surface area contributed by atoms with Crippen molar-refractivity contribution in [2.24, 2.45) is 5.73 Å². The largest absolute Gasteiger partial charge is 0.438 e. The molecule has 1 aromatic heterocycles. The van der Waals surface area contributed by atoms with E-state index in [0.717, 1.165) is 10.5 Å². The van der Waals surface area contributed by atoms with Crippen LogP contribution in [0.25, 0.3) is 0 Å². The van der Waals surface area contributed by atoms with Gasteiger partial charge in [0, 0.05) is 19.2 Å². The number of rotatable bonds is 5. The van der Waals surface area contributed by atoms with E-state index in [1.54, 1.807) is 36.4 Å². The topological polar surface area (TPSA) is 92.2 Å². The lowest BCUT2D eigenvalue weighted by atomic mass is 10.1. The molecule has 8 heteroatoms. The molecule has 27 heavy (non-hydrogen) atoms. The van der Waals surface area contributed by atoms with Crippen molar-refractivity contribution in [3.8, 4) is 17.7 Å². The summed E-state index contributed by atoms with van der Waals surface area (Å²) >= 11 is 0. The van der Waals surface area contributed by atoms with Gasteiger partial charge in [0.25, 0.3) is 5.92 Å². The van der Waals surface area contributed by atoms with Gasteiger partial charge >= 0.3 is 0 Å². The van der Waals surface area contributed by atoms with E-state index in [2.05, 4.69) is 4.98 Å². The maximum Gasteiger partial charge on any atom is 0.267 e. The van der Waals surface area contributed by atoms with E-state index in [9.17, 15) is 13.6 Å². The fraction of sp³-hybridized carbons (Fsp3) is 0.316. The van der Waals surface area contributed by atoms with E-state index in [1.807, 2.05) is 6.07 Å². The lowest BCUT2D eigenvalue weighted by molar-refractivity contribution is -0.133. The van der Waals surface area contributed by atoms with Crippen molar-refractivity contribution in [3.63, 3.8) is 0 Å². The summed E-state index contributed by atoms with van der Waals surface area (Å²) in [4.78, 5) is 17.4. The molecule has 1 amide bonds. The number of nitrogens with zero attached hydrogens (tertiary/aromatic N) is 3. The van der Waals surface area contributed by atoms with E-state index >= 15 is 0 Å². The number of nitrogens with two attached hydrogens (primary N) is 1. The number of ether oxygens (including phenoxy) is 1. The molecule has 6 nitrogen and oxygen atoms in total. The van der Waals surface area contributed by atoms with Gasteiger partial charge in [-0.2, -0.15) is 5.26 Å². The summed E-state index contributed by atoms with van der Waals surface area (Å²) < 4.78 is 32.1. The highest BCUT2D eigenvalue weighted by Gasteiger charge is 2.41. The van der Waals surface area contributed by atoms with Crippen molar-refractivity contribution in [2.45, 2.75) is 24.8 Å². The van der Waals surface area contributed by atoms with E-state index in [4.69, 9.17) is 15.7 Å². The summed E-state index contributed by atoms with van der Waals surface area (Å²) in [5.74, 6) is -2.62. The number of carbonyl (C=O) groups is 1. The number of carbonyl (C=O) groups excluding carboxylic acids is 1. The monoisotopic (exact) mass is 372 g/mol. The van der Waals surface area contributed by atoms with E-state index in [0.29, 0.717) is 11.3 Å². The number of nitriles is 1. The van der Waals surface area contributed by atoms with Crippen LogP contribution in [-0.2, 0) is 11.2 Å². The number of halogens is 2. The molecule has 3 rings (SSSR count). The van der Waals surface area contributed by atoms with Crippen LogP contribution in [0.5, 0.6) is 11.6 Å². The lowest BCUT2D eigenvalue weighted by Gasteiger charge is -2.20. The number of hydrogen-bond donors (Lipinski definition) is 1. The Balaban J connectivity index is 1.60. The summed E-state index contributed by atoms with van der Waals surface area (Å²) in [7, 11) is 0. The van der Waals surface area contributed by atoms with Gasteiger partial charge in [0.05, 0.1) is 12.6 Å². The number of hydrogen-bond acceptors (Lipinski definition) is 5. The second-order valence-corrected chi connectivity index (χ2v) is 6.39. The number of alkyl halides is 2. The maximum absolute atomic E-state index is 13.2. The van der Waals surface area contributed by atoms with Crippen LogP contribution in [0.1, 0.15) is 17.5 Å². The van der Waals surface area contributed by atoms with Crippen LogP contribution >= 0.6 is 0 Å². The quantitative estimate of drug-likeness (QED) is 0.870. The normalized spacial score (nSPS) is 16.6. The molecule has 1 aliphatic rings. The van der Waals surface area contributed by atoms with E-state index in [1.165, 1.54) is 6.20 Å². The van der Waals surface area contributed by atoms with Crippen LogP contribution in [0.4, 0.5) is 8.78 Å². The molecule has 140 valence electrons. The number of likely N-dealkylation sites (tertiary alicyclic amines) is 1. The minimum absolute atomic E-state index is 0.0254. The highest BCUT2D eigenvalue weighted by molar-refractivity contribution is 5.82. The van der Waals surface area contributed by atoms with E-state index < -0.39 is 24.4 Å². The molecular formula is C19H18F2N4O2. The molecule has 1 saturated heterocycles. The smallest absolute Gasteiger partial charge is 0.267 e. The third-order valence-corrected chi connectivity index (χ3v) is 4.28. The van der Waals surface area contributed by atoms with Crippen molar-refractivity contribution < 1.29 is 18.3 Å². The third-order valence-electron chi connectivity index (χ3n) is 4.28. The molecule has 1 unspecified atom stereocenters. The first-order chi connectivity index (χ1) is 12.9. The zero-order chi connectivity index (χ0) is 19.4. The average Bonchev–Trinajstić information content (AvgIpc) is 3.03. The number of benzene rings is 1. The highest BCUT2D eigenvalue weighted by atomic mass is 19.3. The van der Waals surface area contributed by atoms with Crippen LogP contribution in [0.3, 0.4) is 0 Å². The summed E-state index contributed by atoms with van der Waals surface area (Å²) in [5.41, 5.74) is 6.99. The van der Waals surface area contributed by atoms with Crippen molar-refractivity contribution in [1.82, 2.24) is 9.88 Å². The number of pyridine rings is 1. The predicted molar refractivity (Wildman–Crippen MR) is 93.3 cm³/mol. The standard InChI is InChI=1S/C19H18F2N4O2/c20-19(21)7-9-25(12-19)18(26)16(23)10-13-3-5-15(6-4-13)27-17-14(11-22)2-1-8-24-17/h1-6,8,16H,7,9-10,12,23H2. The molecule has 0 bridgehead atoms. The molecule has 2 N–H and O–H groups in total. The number of aromatic nitrogens is 1. The first kappa shape index (κ1) is 18.7. The Morgan fingerprint density at radius 1 is 1.37 bits per heavy atom. The predicted octanol–water partition coefficient (Wildman–Crippen LogP) is 2.48. The van der Waals surface area contributed by atoms with Crippen molar-refractivity contribution in [3.05, 3.63) is 53.7 Å². The second kappa shape index (κ2) is 7.68. The summed E-state index contributed by atoms with van der Waals surface area (Å²) in [5, 5.41) is 9.05. The van der Waals surface area contributed by atoms with Crippen LogP contribution in [0.2, 0.25) is 0 Å². The molecule has 0 aliphatic carbocycles. The Hall–Kier alpha value is -3.05. The molecule has 1 fully saturated rings. The Bertz CT molecular complexity index is 865. The van der Waals surface area contributed by atoms with Crippen LogP contribution in [0, 0.1) is 11.3 Å². The molecule has 2 heterocycles. The van der Waals surface area contributed by atoms with Gasteiger partial charge in [0.2, 0.25) is 11.8 Å². The zero-order valence-corrected chi connectivity index (χ0v) is 14.4. The minimum Gasteiger partial charge on any atom is -0.438 e. The third kappa shape index (κ3) is 4.57. The molecular weight excluding hydrogens is 354 g/mol. The Morgan fingerprint density at radius 2 is 2.11 bits per heavy atom. The molecule has 0 saturated carbocycles. The Kier molecular flexibility index (Phi) is 5.33. The van der Waals surface area contributed by atoms with Crippen molar-refractivity contribution in [1.29, 1.82) is 5.26 Å². The Morgan fingerprint density at radius 3 is 2.74 bits per heavy atom. The highest BCUT2D eigenvalue weighted by Crippen LogP contribution is 2.27. The van der Waals surface area contributed by atoms with Gasteiger partial charge in [0.1, 0.15) is 17.4 Å². The molecule has 1 aliphatic heterocycles. The fourth-order valence-corrected chi connectivity index (χ4v) is 2.86. The van der Waals surface area contributed by atoms with Crippen molar-refractivity contribution in [2.75, 3.05) is 13.1 Å². The molecule has 2 aromatic rings. The summed E-state index contributed by atoms with van der Waals surface area (Å²) in [6, 6.07) is 11.2. The maximum atomic E-state index is 13.2. The van der Waals surface area contributed by atoms with Gasteiger partial charge in [-0.3, -0.25) is 4.79 Å². The molecule has 0 radical (unpaired) electrons. The molecule has 0 spiro atoms. The van der Waals surface area contributed by atoms with Gasteiger partial charge in [0.15, 0.2) is 0 Å². The average molecular weight is 372 g/mol. The SMILES string of the molecule is N#Cc1cccnc1Oc1ccc(CC(N)C(=O)N2CCC(F)(F)C2)cc1. The summed E-state index contributed by atoms with van der Waals surface area (Å²) in [6.45, 7) is -0.546. The first-order valence-corrected chi connectivity index (χ1v) is 8.42. The van der Waals surface area contributed by atoms with Crippen LogP contribution in [-0.4, -0.2) is 40.8 Å². The minimum atomic E-state index is -2.83. The van der Waals surface area contributed by atoms with Crippen LogP contribution in [0.15, 0.2) is 42.6 Å². The Labute approximate surface area is 155 Å². The van der Waals surface area contributed by atoms with Gasteiger partial charge in [-0.05, 0) is 36.2 Å². The van der Waals surface area contributed by atoms with Gasteiger partial charge in [-0.15, -0.1) is 0 Å². The van der Waals surface area contributed by atoms with Gasteiger partial charge in [-0.25, -0.2) is 13.8 Å². The number of amides is 1. The van der Waals surface area contributed by atoms with E-state index in [-0.39, 0.29) is 25.3 Å². The van der Waals surface area contributed by atoms with Crippen molar-refractivity contribution >= 4 is 5.91 Å². The molecule has 1 atom stereocenters. The van der Waals surface area contributed by atoms with Crippen LogP contribution < -0.4 is 10.5 Å². The molecule has 1 aromatic carbocycles. The van der Waals surface area contributed by atoms with Gasteiger partial charge in [-0.1, -0.05) is 12.1 Å². The first-order valence-electron chi connectivity index (χ1n) is 8.42. The summed E-state index contributed by atoms with van der Waals surface area (Å²) in [6.07, 6.45) is 1.43. The fourth-order valence-electron chi connectivity index (χ4n) is 2.86. The van der Waals surface area contributed by atoms with Gasteiger partial charge < -0.3 is 15.4 Å². The lowest BCUT2D eigenvalue weighted by Crippen LogP contribution is -2.44.